The maximum absolute atomic E-state index is 10.5. The zero-order valence-electron chi connectivity index (χ0n) is 8.56. The van der Waals surface area contributed by atoms with Crippen LogP contribution in [0.25, 0.3) is 0 Å². The number of hydrogen-bond acceptors (Lipinski definition) is 3. The monoisotopic (exact) mass is 285 g/mol. The van der Waals surface area contributed by atoms with Gasteiger partial charge in [-0.25, -0.2) is 9.78 Å². The van der Waals surface area contributed by atoms with Gasteiger partial charge in [0.1, 0.15) is 5.82 Å². The second-order valence-electron chi connectivity index (χ2n) is 3.72. The van der Waals surface area contributed by atoms with Crippen molar-refractivity contribution in [2.24, 2.45) is 0 Å². The van der Waals surface area contributed by atoms with Crippen LogP contribution >= 0.6 is 15.9 Å². The number of anilines is 1. The Morgan fingerprint density at radius 1 is 1.62 bits per heavy atom. The van der Waals surface area contributed by atoms with E-state index < -0.39 is 6.09 Å². The van der Waals surface area contributed by atoms with Gasteiger partial charge in [0.15, 0.2) is 0 Å². The van der Waals surface area contributed by atoms with Gasteiger partial charge in [-0.2, -0.15) is 0 Å². The van der Waals surface area contributed by atoms with Gasteiger partial charge in [-0.1, -0.05) is 0 Å². The van der Waals surface area contributed by atoms with E-state index in [0.717, 1.165) is 23.3 Å². The molecule has 2 N–H and O–H groups in total. The molecule has 1 aromatic heterocycles. The number of nitrogens with one attached hydrogen (secondary N) is 1. The summed E-state index contributed by atoms with van der Waals surface area (Å²) in [5, 5.41) is 11.1. The van der Waals surface area contributed by atoms with Crippen LogP contribution < -0.4 is 10.2 Å². The average Bonchev–Trinajstić information content (AvgIpc) is 2.66. The van der Waals surface area contributed by atoms with Crippen molar-refractivity contribution in [3.8, 4) is 0 Å². The largest absolute Gasteiger partial charge is 0.465 e. The first kappa shape index (κ1) is 11.2. The Hall–Kier alpha value is -1.30. The summed E-state index contributed by atoms with van der Waals surface area (Å²) in [6.45, 7) is 1.51. The zero-order valence-corrected chi connectivity index (χ0v) is 10.1. The van der Waals surface area contributed by atoms with Gasteiger partial charge < -0.3 is 15.3 Å². The van der Waals surface area contributed by atoms with Crippen molar-refractivity contribution in [1.82, 2.24) is 10.3 Å². The summed E-state index contributed by atoms with van der Waals surface area (Å²) in [6, 6.07) is 3.86. The molecule has 16 heavy (non-hydrogen) atoms. The Morgan fingerprint density at radius 3 is 3.06 bits per heavy atom. The van der Waals surface area contributed by atoms with Gasteiger partial charge in [0, 0.05) is 23.8 Å². The van der Waals surface area contributed by atoms with Gasteiger partial charge >= 0.3 is 6.09 Å². The molecule has 1 aromatic rings. The van der Waals surface area contributed by atoms with Crippen molar-refractivity contribution in [2.75, 3.05) is 18.0 Å². The summed E-state index contributed by atoms with van der Waals surface area (Å²) >= 11 is 3.33. The van der Waals surface area contributed by atoms with Gasteiger partial charge in [0.2, 0.25) is 0 Å². The zero-order chi connectivity index (χ0) is 11.5. The Balaban J connectivity index is 1.98. The molecule has 0 aliphatic carbocycles. The van der Waals surface area contributed by atoms with Crippen molar-refractivity contribution < 1.29 is 9.90 Å². The number of amides is 1. The number of nitrogens with zero attached hydrogens (tertiary/aromatic N) is 2. The molecule has 86 valence electrons. The molecule has 5 nitrogen and oxygen atoms in total. The predicted molar refractivity (Wildman–Crippen MR) is 63.7 cm³/mol. The molecule has 0 radical (unpaired) electrons. The molecule has 2 heterocycles. The highest BCUT2D eigenvalue weighted by atomic mass is 79.9. The van der Waals surface area contributed by atoms with Crippen LogP contribution in [0.5, 0.6) is 0 Å². The number of aromatic nitrogens is 1. The number of pyridine rings is 1. The van der Waals surface area contributed by atoms with E-state index in [1.54, 1.807) is 6.20 Å². The van der Waals surface area contributed by atoms with Crippen molar-refractivity contribution in [3.05, 3.63) is 22.8 Å². The molecule has 1 fully saturated rings. The number of halogens is 1. The summed E-state index contributed by atoms with van der Waals surface area (Å²) in [5.41, 5.74) is 0. The lowest BCUT2D eigenvalue weighted by molar-refractivity contribution is 0.191. The summed E-state index contributed by atoms with van der Waals surface area (Å²) in [4.78, 5) is 16.8. The smallest absolute Gasteiger partial charge is 0.404 e. The number of carbonyl (C=O) groups is 1. The van der Waals surface area contributed by atoms with Gasteiger partial charge in [-0.3, -0.25) is 0 Å². The molecular weight excluding hydrogens is 274 g/mol. The van der Waals surface area contributed by atoms with Gasteiger partial charge in [0.25, 0.3) is 0 Å². The molecule has 1 aliphatic rings. The topological polar surface area (TPSA) is 65.5 Å². The fraction of sp³-hybridized carbons (Fsp3) is 0.400. The third-order valence-corrected chi connectivity index (χ3v) is 3.02. The third-order valence-electron chi connectivity index (χ3n) is 2.55. The van der Waals surface area contributed by atoms with E-state index in [-0.39, 0.29) is 6.04 Å². The second-order valence-corrected chi connectivity index (χ2v) is 4.63. The molecule has 1 atom stereocenters. The predicted octanol–water partition coefficient (Wildman–Crippen LogP) is 1.69. The second kappa shape index (κ2) is 4.69. The fourth-order valence-corrected chi connectivity index (χ4v) is 2.05. The van der Waals surface area contributed by atoms with E-state index in [1.807, 2.05) is 12.1 Å². The molecule has 0 aromatic carbocycles. The van der Waals surface area contributed by atoms with Crippen LogP contribution in [0, 0.1) is 0 Å². The van der Waals surface area contributed by atoms with Crippen molar-refractivity contribution in [3.63, 3.8) is 0 Å². The summed E-state index contributed by atoms with van der Waals surface area (Å²) in [5.74, 6) is 0.887. The van der Waals surface area contributed by atoms with E-state index in [4.69, 9.17) is 5.11 Å². The Morgan fingerprint density at radius 2 is 2.44 bits per heavy atom. The van der Waals surface area contributed by atoms with Crippen molar-refractivity contribution in [2.45, 2.75) is 12.5 Å². The summed E-state index contributed by atoms with van der Waals surface area (Å²) in [7, 11) is 0. The standard InChI is InChI=1S/C10H12BrN3O2/c11-7-1-2-9(12-5-7)14-4-3-8(6-14)13-10(15)16/h1-2,5,8,13H,3-4,6H2,(H,15,16). The first-order valence-corrected chi connectivity index (χ1v) is 5.80. The van der Waals surface area contributed by atoms with E-state index >= 15 is 0 Å². The first-order chi connectivity index (χ1) is 7.65. The quantitative estimate of drug-likeness (QED) is 0.868. The summed E-state index contributed by atoms with van der Waals surface area (Å²) < 4.78 is 0.940. The van der Waals surface area contributed by atoms with Crippen LogP contribution in [0.4, 0.5) is 10.6 Å². The molecule has 6 heteroatoms. The van der Waals surface area contributed by atoms with Crippen molar-refractivity contribution >= 4 is 27.8 Å². The third kappa shape index (κ3) is 2.63. The van der Waals surface area contributed by atoms with E-state index in [9.17, 15) is 4.79 Å². The van der Waals surface area contributed by atoms with E-state index in [0.29, 0.717) is 6.54 Å². The lowest BCUT2D eigenvalue weighted by Gasteiger charge is -2.17. The maximum atomic E-state index is 10.5. The van der Waals surface area contributed by atoms with Gasteiger partial charge in [-0.05, 0) is 34.5 Å². The molecule has 0 bridgehead atoms. The van der Waals surface area contributed by atoms with Crippen LogP contribution in [0.2, 0.25) is 0 Å². The van der Waals surface area contributed by atoms with E-state index in [1.165, 1.54) is 0 Å². The maximum Gasteiger partial charge on any atom is 0.404 e. The normalized spacial score (nSPS) is 19.8. The highest BCUT2D eigenvalue weighted by Crippen LogP contribution is 2.19. The van der Waals surface area contributed by atoms with Crippen LogP contribution in [-0.4, -0.2) is 35.3 Å². The molecule has 0 spiro atoms. The lowest BCUT2D eigenvalue weighted by atomic mass is 10.3. The number of rotatable bonds is 2. The lowest BCUT2D eigenvalue weighted by Crippen LogP contribution is -2.36. The molecule has 2 rings (SSSR count). The molecule has 1 unspecified atom stereocenters. The molecule has 1 saturated heterocycles. The minimum Gasteiger partial charge on any atom is -0.465 e. The van der Waals surface area contributed by atoms with Crippen molar-refractivity contribution in [1.29, 1.82) is 0 Å². The van der Waals surface area contributed by atoms with E-state index in [2.05, 4.69) is 31.1 Å². The highest BCUT2D eigenvalue weighted by Gasteiger charge is 2.24. The fourth-order valence-electron chi connectivity index (χ4n) is 1.82. The SMILES string of the molecule is O=C(O)NC1CCN(c2ccc(Br)cn2)C1. The van der Waals surface area contributed by atoms with Crippen LogP contribution in [0.15, 0.2) is 22.8 Å². The Kier molecular flexibility index (Phi) is 3.28. The van der Waals surface area contributed by atoms with Crippen LogP contribution in [0.3, 0.4) is 0 Å². The molecule has 0 saturated carbocycles. The van der Waals surface area contributed by atoms with Crippen LogP contribution in [0.1, 0.15) is 6.42 Å². The van der Waals surface area contributed by atoms with Crippen LogP contribution in [-0.2, 0) is 0 Å². The molecule has 1 amide bonds. The molecular formula is C10H12BrN3O2. The first-order valence-electron chi connectivity index (χ1n) is 5.01. The molecule has 1 aliphatic heterocycles. The Bertz CT molecular complexity index is 382. The average molecular weight is 286 g/mol. The van der Waals surface area contributed by atoms with Gasteiger partial charge in [-0.15, -0.1) is 0 Å². The highest BCUT2D eigenvalue weighted by molar-refractivity contribution is 9.10. The number of carboxylic acid groups (broad SMARTS) is 1. The number of hydrogen-bond donors (Lipinski definition) is 2. The minimum absolute atomic E-state index is 0.00273. The minimum atomic E-state index is -0.962. The Labute approximate surface area is 102 Å². The van der Waals surface area contributed by atoms with Gasteiger partial charge in [0.05, 0.1) is 6.04 Å². The summed E-state index contributed by atoms with van der Waals surface area (Å²) in [6.07, 6.45) is 1.60.